The Morgan fingerprint density at radius 2 is 2.17 bits per heavy atom. The average Bonchev–Trinajstić information content (AvgIpc) is 2.88. The van der Waals surface area contributed by atoms with Gasteiger partial charge in [-0.3, -0.25) is 4.79 Å². The van der Waals surface area contributed by atoms with Crippen LogP contribution in [0.25, 0.3) is 0 Å². The highest BCUT2D eigenvalue weighted by Gasteiger charge is 2.38. The Morgan fingerprint density at radius 1 is 1.44 bits per heavy atom. The number of rotatable bonds is 4. The summed E-state index contributed by atoms with van der Waals surface area (Å²) in [7, 11) is 0. The Balaban J connectivity index is 2.16. The Bertz CT molecular complexity index is 416. The second kappa shape index (κ2) is 5.06. The lowest BCUT2D eigenvalue weighted by Gasteiger charge is -2.36. The number of carbonyl (C=O) groups is 1. The summed E-state index contributed by atoms with van der Waals surface area (Å²) in [5.74, 6) is 1.01. The van der Waals surface area contributed by atoms with Gasteiger partial charge in [0.25, 0.3) is 0 Å². The normalized spacial score (nSPS) is 15.6. The Morgan fingerprint density at radius 3 is 2.78 bits per heavy atom. The smallest absolute Gasteiger partial charge is 0.230 e. The SMILES string of the molecule is CCC(CC)(CN)C(=O)N1CCn2cnnc2C1. The molecule has 1 aliphatic heterocycles. The number of nitrogens with zero attached hydrogens (tertiary/aromatic N) is 4. The first-order chi connectivity index (χ1) is 8.66. The van der Waals surface area contributed by atoms with Gasteiger partial charge in [0.15, 0.2) is 5.82 Å². The number of nitrogens with two attached hydrogens (primary N) is 1. The van der Waals surface area contributed by atoms with E-state index in [1.54, 1.807) is 6.33 Å². The molecule has 2 heterocycles. The molecule has 6 nitrogen and oxygen atoms in total. The molecule has 0 saturated heterocycles. The van der Waals surface area contributed by atoms with Crippen molar-refractivity contribution in [1.29, 1.82) is 0 Å². The highest BCUT2D eigenvalue weighted by atomic mass is 16.2. The van der Waals surface area contributed by atoms with Crippen LogP contribution in [0.5, 0.6) is 0 Å². The molecule has 0 aliphatic carbocycles. The van der Waals surface area contributed by atoms with Gasteiger partial charge >= 0.3 is 0 Å². The zero-order valence-electron chi connectivity index (χ0n) is 11.1. The van der Waals surface area contributed by atoms with Crippen LogP contribution in [0.3, 0.4) is 0 Å². The number of aromatic nitrogens is 3. The zero-order chi connectivity index (χ0) is 13.2. The van der Waals surface area contributed by atoms with Crippen molar-refractivity contribution in [1.82, 2.24) is 19.7 Å². The minimum Gasteiger partial charge on any atom is -0.333 e. The molecular formula is C12H21N5O. The van der Waals surface area contributed by atoms with Crippen molar-refractivity contribution in [3.05, 3.63) is 12.2 Å². The predicted molar refractivity (Wildman–Crippen MR) is 67.5 cm³/mol. The summed E-state index contributed by atoms with van der Waals surface area (Å²) in [6.45, 7) is 6.48. The summed E-state index contributed by atoms with van der Waals surface area (Å²) in [6.07, 6.45) is 3.27. The second-order valence-corrected chi connectivity index (χ2v) is 4.86. The third kappa shape index (κ3) is 2.01. The molecular weight excluding hydrogens is 230 g/mol. The van der Waals surface area contributed by atoms with Gasteiger partial charge in [0, 0.05) is 19.6 Å². The van der Waals surface area contributed by atoms with E-state index < -0.39 is 5.41 Å². The summed E-state index contributed by atoms with van der Waals surface area (Å²) in [5.41, 5.74) is 5.42. The van der Waals surface area contributed by atoms with E-state index in [2.05, 4.69) is 10.2 Å². The van der Waals surface area contributed by atoms with Crippen molar-refractivity contribution < 1.29 is 4.79 Å². The molecule has 0 atom stereocenters. The highest BCUT2D eigenvalue weighted by molar-refractivity contribution is 5.83. The van der Waals surface area contributed by atoms with Gasteiger partial charge in [-0.2, -0.15) is 0 Å². The fraction of sp³-hybridized carbons (Fsp3) is 0.750. The minimum atomic E-state index is -0.414. The summed E-state index contributed by atoms with van der Waals surface area (Å²) in [4.78, 5) is 14.5. The van der Waals surface area contributed by atoms with E-state index >= 15 is 0 Å². The molecule has 100 valence electrons. The van der Waals surface area contributed by atoms with Gasteiger partial charge in [-0.15, -0.1) is 10.2 Å². The zero-order valence-corrected chi connectivity index (χ0v) is 11.1. The first-order valence-corrected chi connectivity index (χ1v) is 6.53. The molecule has 1 aliphatic rings. The molecule has 0 radical (unpaired) electrons. The fourth-order valence-corrected chi connectivity index (χ4v) is 2.50. The molecule has 0 spiro atoms. The average molecular weight is 251 g/mol. The van der Waals surface area contributed by atoms with E-state index in [0.717, 1.165) is 25.2 Å². The van der Waals surface area contributed by atoms with E-state index in [0.29, 0.717) is 19.6 Å². The van der Waals surface area contributed by atoms with Crippen LogP contribution in [0.2, 0.25) is 0 Å². The van der Waals surface area contributed by atoms with E-state index in [9.17, 15) is 4.79 Å². The first-order valence-electron chi connectivity index (χ1n) is 6.53. The molecule has 2 rings (SSSR count). The number of hydrogen-bond donors (Lipinski definition) is 1. The summed E-state index contributed by atoms with van der Waals surface area (Å²) in [5, 5.41) is 7.91. The maximum atomic E-state index is 12.6. The van der Waals surface area contributed by atoms with Gasteiger partial charge in [-0.1, -0.05) is 13.8 Å². The van der Waals surface area contributed by atoms with Crippen LogP contribution in [0.15, 0.2) is 6.33 Å². The number of amides is 1. The monoisotopic (exact) mass is 251 g/mol. The highest BCUT2D eigenvalue weighted by Crippen LogP contribution is 2.29. The number of hydrogen-bond acceptors (Lipinski definition) is 4. The molecule has 1 aromatic rings. The molecule has 1 amide bonds. The summed E-state index contributed by atoms with van der Waals surface area (Å²) in [6, 6.07) is 0. The second-order valence-electron chi connectivity index (χ2n) is 4.86. The number of carbonyl (C=O) groups excluding carboxylic acids is 1. The van der Waals surface area contributed by atoms with E-state index in [1.165, 1.54) is 0 Å². The Labute approximate surface area is 107 Å². The standard InChI is InChI=1S/C12H21N5O/c1-3-12(4-2,8-13)11(18)16-5-6-17-9-14-15-10(17)7-16/h9H,3-8,13H2,1-2H3. The molecule has 6 heteroatoms. The van der Waals surface area contributed by atoms with E-state index in [1.807, 2.05) is 23.3 Å². The van der Waals surface area contributed by atoms with Crippen molar-refractivity contribution in [2.24, 2.45) is 11.1 Å². The van der Waals surface area contributed by atoms with Crippen molar-refractivity contribution in [3.8, 4) is 0 Å². The maximum absolute atomic E-state index is 12.6. The lowest BCUT2D eigenvalue weighted by molar-refractivity contribution is -0.143. The van der Waals surface area contributed by atoms with E-state index in [-0.39, 0.29) is 5.91 Å². The van der Waals surface area contributed by atoms with Crippen molar-refractivity contribution >= 4 is 5.91 Å². The van der Waals surface area contributed by atoms with Crippen LogP contribution in [0, 0.1) is 5.41 Å². The third-order valence-electron chi connectivity index (χ3n) is 4.12. The van der Waals surface area contributed by atoms with Crippen LogP contribution < -0.4 is 5.73 Å². The largest absolute Gasteiger partial charge is 0.333 e. The molecule has 0 unspecified atom stereocenters. The topological polar surface area (TPSA) is 77.0 Å². The Hall–Kier alpha value is -1.43. The van der Waals surface area contributed by atoms with Gasteiger partial charge in [0.1, 0.15) is 6.33 Å². The Kier molecular flexibility index (Phi) is 3.65. The first kappa shape index (κ1) is 13.0. The van der Waals surface area contributed by atoms with Gasteiger partial charge in [0.05, 0.1) is 12.0 Å². The number of fused-ring (bicyclic) bond motifs is 1. The molecule has 0 aromatic carbocycles. The molecule has 0 fully saturated rings. The van der Waals surface area contributed by atoms with Crippen molar-refractivity contribution in [2.45, 2.75) is 39.8 Å². The lowest BCUT2D eigenvalue weighted by Crippen LogP contribution is -2.49. The van der Waals surface area contributed by atoms with Gasteiger partial charge in [-0.05, 0) is 12.8 Å². The molecule has 2 N–H and O–H groups in total. The van der Waals surface area contributed by atoms with Crippen LogP contribution in [-0.4, -0.2) is 38.7 Å². The predicted octanol–water partition coefficient (Wildman–Crippen LogP) is 0.385. The van der Waals surface area contributed by atoms with Crippen LogP contribution in [0.4, 0.5) is 0 Å². The molecule has 0 saturated carbocycles. The van der Waals surface area contributed by atoms with Crippen molar-refractivity contribution in [3.63, 3.8) is 0 Å². The molecule has 18 heavy (non-hydrogen) atoms. The summed E-state index contributed by atoms with van der Waals surface area (Å²) < 4.78 is 1.99. The third-order valence-corrected chi connectivity index (χ3v) is 4.12. The van der Waals surface area contributed by atoms with Crippen LogP contribution >= 0.6 is 0 Å². The van der Waals surface area contributed by atoms with Gasteiger partial charge in [0.2, 0.25) is 5.91 Å². The lowest BCUT2D eigenvalue weighted by atomic mass is 9.81. The quantitative estimate of drug-likeness (QED) is 0.839. The van der Waals surface area contributed by atoms with Gasteiger partial charge < -0.3 is 15.2 Å². The van der Waals surface area contributed by atoms with Crippen molar-refractivity contribution in [2.75, 3.05) is 13.1 Å². The van der Waals surface area contributed by atoms with Crippen LogP contribution in [0.1, 0.15) is 32.5 Å². The fourth-order valence-electron chi connectivity index (χ4n) is 2.50. The van der Waals surface area contributed by atoms with Gasteiger partial charge in [-0.25, -0.2) is 0 Å². The summed E-state index contributed by atoms with van der Waals surface area (Å²) >= 11 is 0. The molecule has 0 bridgehead atoms. The maximum Gasteiger partial charge on any atom is 0.230 e. The van der Waals surface area contributed by atoms with E-state index in [4.69, 9.17) is 5.73 Å². The minimum absolute atomic E-state index is 0.157. The van der Waals surface area contributed by atoms with Crippen LogP contribution in [-0.2, 0) is 17.9 Å². The molecule has 1 aromatic heterocycles.